The number of carbonyl (C=O) groups is 1. The number of methoxy groups -OCH3 is 1. The zero-order chi connectivity index (χ0) is 15.2. The summed E-state index contributed by atoms with van der Waals surface area (Å²) in [5.41, 5.74) is 0.625. The van der Waals surface area contributed by atoms with Gasteiger partial charge in [-0.3, -0.25) is 4.79 Å². The number of rotatable bonds is 5. The molecule has 0 aliphatic carbocycles. The van der Waals surface area contributed by atoms with Crippen LogP contribution in [0.1, 0.15) is 22.0 Å². The minimum Gasteiger partial charge on any atom is -0.494 e. The molecule has 0 spiro atoms. The standard InChI is InChI=1S/C16H16FNO3/c1-21-14-9-5-8-12(15(14)17)16(20)18-13(10-19)11-6-3-2-4-7-11/h2-9,13,19H,10H2,1H3,(H,18,20)/t13-/m0/s1. The topological polar surface area (TPSA) is 58.6 Å². The first kappa shape index (κ1) is 15.0. The van der Waals surface area contributed by atoms with Gasteiger partial charge in [0.2, 0.25) is 0 Å². The maximum atomic E-state index is 14.0. The molecule has 2 rings (SSSR count). The third-order valence-electron chi connectivity index (χ3n) is 3.12. The van der Waals surface area contributed by atoms with Crippen LogP contribution in [0.25, 0.3) is 0 Å². The first-order chi connectivity index (χ1) is 10.2. The van der Waals surface area contributed by atoms with Gasteiger partial charge in [-0.25, -0.2) is 4.39 Å². The van der Waals surface area contributed by atoms with Gasteiger partial charge in [-0.15, -0.1) is 0 Å². The summed E-state index contributed by atoms with van der Waals surface area (Å²) >= 11 is 0. The monoisotopic (exact) mass is 289 g/mol. The van der Waals surface area contributed by atoms with E-state index >= 15 is 0 Å². The lowest BCUT2D eigenvalue weighted by Crippen LogP contribution is -2.31. The van der Waals surface area contributed by atoms with Crippen molar-refractivity contribution in [2.24, 2.45) is 0 Å². The van der Waals surface area contributed by atoms with Gasteiger partial charge in [-0.1, -0.05) is 36.4 Å². The Kier molecular flexibility index (Phi) is 4.90. The van der Waals surface area contributed by atoms with Crippen LogP contribution in [0, 0.1) is 5.82 Å². The van der Waals surface area contributed by atoms with Gasteiger partial charge in [0, 0.05) is 0 Å². The normalized spacial score (nSPS) is 11.8. The molecule has 0 saturated carbocycles. The Morgan fingerprint density at radius 2 is 1.95 bits per heavy atom. The van der Waals surface area contributed by atoms with Crippen molar-refractivity contribution in [3.8, 4) is 5.75 Å². The second-order valence-electron chi connectivity index (χ2n) is 4.44. The highest BCUT2D eigenvalue weighted by Crippen LogP contribution is 2.21. The van der Waals surface area contributed by atoms with Crippen molar-refractivity contribution in [1.29, 1.82) is 0 Å². The molecule has 0 fully saturated rings. The van der Waals surface area contributed by atoms with E-state index in [4.69, 9.17) is 4.74 Å². The molecule has 0 aromatic heterocycles. The number of halogens is 1. The molecule has 0 aliphatic rings. The van der Waals surface area contributed by atoms with Crippen molar-refractivity contribution in [3.63, 3.8) is 0 Å². The van der Waals surface area contributed by atoms with Crippen LogP contribution in [0.15, 0.2) is 48.5 Å². The number of aliphatic hydroxyl groups excluding tert-OH is 1. The third-order valence-corrected chi connectivity index (χ3v) is 3.12. The third kappa shape index (κ3) is 3.38. The smallest absolute Gasteiger partial charge is 0.254 e. The molecule has 0 radical (unpaired) electrons. The fourth-order valence-corrected chi connectivity index (χ4v) is 2.00. The quantitative estimate of drug-likeness (QED) is 0.888. The molecule has 5 heteroatoms. The van der Waals surface area contributed by atoms with Gasteiger partial charge >= 0.3 is 0 Å². The highest BCUT2D eigenvalue weighted by Gasteiger charge is 2.19. The SMILES string of the molecule is COc1cccc(C(=O)N[C@@H](CO)c2ccccc2)c1F. The first-order valence-electron chi connectivity index (χ1n) is 6.46. The molecule has 0 saturated heterocycles. The molecule has 2 aromatic carbocycles. The van der Waals surface area contributed by atoms with E-state index in [1.807, 2.05) is 6.07 Å². The van der Waals surface area contributed by atoms with Crippen molar-refractivity contribution < 1.29 is 19.0 Å². The highest BCUT2D eigenvalue weighted by molar-refractivity contribution is 5.95. The second kappa shape index (κ2) is 6.85. The Balaban J connectivity index is 2.21. The largest absolute Gasteiger partial charge is 0.494 e. The van der Waals surface area contributed by atoms with E-state index in [9.17, 15) is 14.3 Å². The number of aliphatic hydroxyl groups is 1. The van der Waals surface area contributed by atoms with Gasteiger partial charge in [0.05, 0.1) is 25.3 Å². The van der Waals surface area contributed by atoms with Gasteiger partial charge in [0.15, 0.2) is 11.6 Å². The van der Waals surface area contributed by atoms with Gasteiger partial charge in [0.25, 0.3) is 5.91 Å². The van der Waals surface area contributed by atoms with Crippen molar-refractivity contribution in [2.45, 2.75) is 6.04 Å². The van der Waals surface area contributed by atoms with Crippen molar-refractivity contribution in [1.82, 2.24) is 5.32 Å². The van der Waals surface area contributed by atoms with E-state index in [0.29, 0.717) is 0 Å². The van der Waals surface area contributed by atoms with Crippen LogP contribution >= 0.6 is 0 Å². The Morgan fingerprint density at radius 3 is 2.57 bits per heavy atom. The summed E-state index contributed by atoms with van der Waals surface area (Å²) in [7, 11) is 1.33. The zero-order valence-electron chi connectivity index (χ0n) is 11.5. The number of hydrogen-bond acceptors (Lipinski definition) is 3. The molecular formula is C16H16FNO3. The van der Waals surface area contributed by atoms with Crippen LogP contribution < -0.4 is 10.1 Å². The van der Waals surface area contributed by atoms with E-state index in [-0.39, 0.29) is 17.9 Å². The van der Waals surface area contributed by atoms with Crippen LogP contribution in [0.2, 0.25) is 0 Å². The van der Waals surface area contributed by atoms with Crippen molar-refractivity contribution in [3.05, 3.63) is 65.5 Å². The predicted molar refractivity (Wildman–Crippen MR) is 76.7 cm³/mol. The van der Waals surface area contributed by atoms with Crippen LogP contribution in [0.4, 0.5) is 4.39 Å². The molecule has 2 N–H and O–H groups in total. The van der Waals surface area contributed by atoms with E-state index < -0.39 is 17.8 Å². The van der Waals surface area contributed by atoms with Crippen LogP contribution in [0.3, 0.4) is 0 Å². The summed E-state index contributed by atoms with van der Waals surface area (Å²) in [6.45, 7) is -0.276. The number of hydrogen-bond donors (Lipinski definition) is 2. The van der Waals surface area contributed by atoms with E-state index in [2.05, 4.69) is 5.32 Å². The average molecular weight is 289 g/mol. The number of ether oxygens (including phenoxy) is 1. The lowest BCUT2D eigenvalue weighted by molar-refractivity contribution is 0.0911. The lowest BCUT2D eigenvalue weighted by Gasteiger charge is -2.17. The molecule has 0 bridgehead atoms. The van der Waals surface area contributed by atoms with Crippen molar-refractivity contribution >= 4 is 5.91 Å². The van der Waals surface area contributed by atoms with Crippen LogP contribution in [0.5, 0.6) is 5.75 Å². The Labute approximate surface area is 122 Å². The molecule has 0 heterocycles. The predicted octanol–water partition coefficient (Wildman–Crippen LogP) is 2.30. The van der Waals surface area contributed by atoms with E-state index in [1.54, 1.807) is 24.3 Å². The van der Waals surface area contributed by atoms with Crippen LogP contribution in [-0.2, 0) is 0 Å². The Morgan fingerprint density at radius 1 is 1.24 bits per heavy atom. The average Bonchev–Trinajstić information content (AvgIpc) is 2.53. The summed E-state index contributed by atoms with van der Waals surface area (Å²) in [5, 5.41) is 12.0. The molecule has 0 aliphatic heterocycles. The molecule has 110 valence electrons. The van der Waals surface area contributed by atoms with E-state index in [1.165, 1.54) is 25.3 Å². The number of nitrogens with one attached hydrogen (secondary N) is 1. The fraction of sp³-hybridized carbons (Fsp3) is 0.188. The fourth-order valence-electron chi connectivity index (χ4n) is 2.00. The maximum absolute atomic E-state index is 14.0. The number of benzene rings is 2. The van der Waals surface area contributed by atoms with Gasteiger partial charge < -0.3 is 15.2 Å². The van der Waals surface area contributed by atoms with E-state index in [0.717, 1.165) is 5.56 Å². The first-order valence-corrected chi connectivity index (χ1v) is 6.46. The van der Waals surface area contributed by atoms with Gasteiger partial charge in [-0.2, -0.15) is 0 Å². The second-order valence-corrected chi connectivity index (χ2v) is 4.44. The summed E-state index contributed by atoms with van der Waals surface area (Å²) in [6.07, 6.45) is 0. The molecule has 1 atom stereocenters. The Bertz CT molecular complexity index is 616. The lowest BCUT2D eigenvalue weighted by atomic mass is 10.1. The van der Waals surface area contributed by atoms with Gasteiger partial charge in [-0.05, 0) is 17.7 Å². The molecule has 1 amide bonds. The molecular weight excluding hydrogens is 273 g/mol. The number of carbonyl (C=O) groups excluding carboxylic acids is 1. The Hall–Kier alpha value is -2.40. The minimum absolute atomic E-state index is 0.00269. The zero-order valence-corrected chi connectivity index (χ0v) is 11.5. The summed E-state index contributed by atoms with van der Waals surface area (Å²) in [5.74, 6) is -1.32. The highest BCUT2D eigenvalue weighted by atomic mass is 19.1. The maximum Gasteiger partial charge on any atom is 0.254 e. The summed E-state index contributed by atoms with van der Waals surface area (Å²) in [6, 6.07) is 12.7. The van der Waals surface area contributed by atoms with Crippen molar-refractivity contribution in [2.75, 3.05) is 13.7 Å². The molecule has 2 aromatic rings. The molecule has 21 heavy (non-hydrogen) atoms. The van der Waals surface area contributed by atoms with Gasteiger partial charge in [0.1, 0.15) is 0 Å². The van der Waals surface area contributed by atoms with Crippen LogP contribution in [-0.4, -0.2) is 24.7 Å². The number of amides is 1. The minimum atomic E-state index is -0.720. The summed E-state index contributed by atoms with van der Waals surface area (Å²) in [4.78, 5) is 12.2. The molecule has 0 unspecified atom stereocenters. The summed E-state index contributed by atoms with van der Waals surface area (Å²) < 4.78 is 18.9. The molecule has 4 nitrogen and oxygen atoms in total.